The summed E-state index contributed by atoms with van der Waals surface area (Å²) in [7, 11) is -4.39. The standard InChI is InChI=1S/C19H21N7O7S3/c20-6-11-3-1-2-10(4-11)5-13(27)21-14-16(28)26-15(18(29)30)12(7-34-17(14)26)8-35-19-22-23-24-25(19)9-36(31,32)33/h1-4,14,17H,5-9,20H2,(H,21,27)(H,29,30)(H,31,32,33). The molecule has 1 fully saturated rings. The van der Waals surface area contributed by atoms with E-state index in [1.807, 2.05) is 12.1 Å². The number of thioether (sulfide) groups is 2. The minimum absolute atomic E-state index is 0.0516. The van der Waals surface area contributed by atoms with Gasteiger partial charge in [0.1, 0.15) is 17.1 Å². The zero-order valence-corrected chi connectivity index (χ0v) is 20.9. The van der Waals surface area contributed by atoms with Crippen LogP contribution in [0.25, 0.3) is 0 Å². The van der Waals surface area contributed by atoms with Gasteiger partial charge in [-0.1, -0.05) is 36.0 Å². The number of carboxylic acids is 1. The largest absolute Gasteiger partial charge is 0.477 e. The van der Waals surface area contributed by atoms with Gasteiger partial charge in [-0.3, -0.25) is 19.0 Å². The molecule has 1 aromatic heterocycles. The average Bonchev–Trinajstić information content (AvgIpc) is 3.25. The molecule has 192 valence electrons. The van der Waals surface area contributed by atoms with Crippen molar-refractivity contribution in [3.8, 4) is 0 Å². The van der Waals surface area contributed by atoms with Gasteiger partial charge in [-0.15, -0.1) is 16.9 Å². The molecule has 2 amide bonds. The number of carbonyl (C=O) groups excluding carboxylic acids is 2. The fraction of sp³-hybridized carbons (Fsp3) is 0.368. The number of rotatable bonds is 10. The van der Waals surface area contributed by atoms with Crippen molar-refractivity contribution in [2.24, 2.45) is 5.73 Å². The number of tetrazole rings is 1. The molecule has 0 saturated carbocycles. The molecule has 0 aliphatic carbocycles. The third-order valence-electron chi connectivity index (χ3n) is 5.32. The van der Waals surface area contributed by atoms with E-state index in [4.69, 9.17) is 10.3 Å². The Bertz CT molecular complexity index is 1340. The number of hydrogen-bond acceptors (Lipinski definition) is 11. The molecule has 1 saturated heterocycles. The molecular weight excluding hydrogens is 534 g/mol. The van der Waals surface area contributed by atoms with Crippen molar-refractivity contribution in [1.29, 1.82) is 0 Å². The maximum Gasteiger partial charge on any atom is 0.352 e. The highest BCUT2D eigenvalue weighted by Crippen LogP contribution is 2.41. The Morgan fingerprint density at radius 2 is 2.06 bits per heavy atom. The number of benzene rings is 1. The van der Waals surface area contributed by atoms with E-state index < -0.39 is 39.3 Å². The van der Waals surface area contributed by atoms with Crippen LogP contribution in [-0.2, 0) is 43.3 Å². The van der Waals surface area contributed by atoms with Gasteiger partial charge >= 0.3 is 5.97 Å². The molecule has 1 aromatic carbocycles. The van der Waals surface area contributed by atoms with Crippen LogP contribution in [0.4, 0.5) is 0 Å². The lowest BCUT2D eigenvalue weighted by Gasteiger charge is -2.49. The van der Waals surface area contributed by atoms with Gasteiger partial charge in [0.25, 0.3) is 16.0 Å². The number of carboxylic acid groups (broad SMARTS) is 1. The fourth-order valence-electron chi connectivity index (χ4n) is 3.76. The fourth-order valence-corrected chi connectivity index (χ4v) is 6.68. The smallest absolute Gasteiger partial charge is 0.352 e. The van der Waals surface area contributed by atoms with Crippen molar-refractivity contribution >= 4 is 51.4 Å². The lowest BCUT2D eigenvalue weighted by atomic mass is 10.0. The highest BCUT2D eigenvalue weighted by Gasteiger charge is 2.54. The Labute approximate surface area is 213 Å². The van der Waals surface area contributed by atoms with Crippen LogP contribution in [0.2, 0.25) is 0 Å². The van der Waals surface area contributed by atoms with Gasteiger partial charge in [0.05, 0.1) is 6.42 Å². The minimum atomic E-state index is -4.39. The van der Waals surface area contributed by atoms with Gasteiger partial charge in [-0.2, -0.15) is 8.42 Å². The first-order valence-electron chi connectivity index (χ1n) is 10.4. The molecule has 4 rings (SSSR count). The minimum Gasteiger partial charge on any atom is -0.477 e. The molecule has 3 heterocycles. The monoisotopic (exact) mass is 555 g/mol. The summed E-state index contributed by atoms with van der Waals surface area (Å²) in [5, 5.41) is 22.5. The number of carbonyl (C=O) groups is 3. The summed E-state index contributed by atoms with van der Waals surface area (Å²) in [5.74, 6) is -2.74. The molecule has 2 aromatic rings. The van der Waals surface area contributed by atoms with Crippen LogP contribution in [0.3, 0.4) is 0 Å². The third kappa shape index (κ3) is 5.70. The van der Waals surface area contributed by atoms with Crippen molar-refractivity contribution in [1.82, 2.24) is 30.4 Å². The number of nitrogens with one attached hydrogen (secondary N) is 1. The first-order chi connectivity index (χ1) is 17.1. The van der Waals surface area contributed by atoms with Crippen molar-refractivity contribution in [3.05, 3.63) is 46.7 Å². The van der Waals surface area contributed by atoms with Crippen molar-refractivity contribution < 1.29 is 32.5 Å². The summed E-state index contributed by atoms with van der Waals surface area (Å²) < 4.78 is 32.1. The molecule has 2 aliphatic heterocycles. The lowest BCUT2D eigenvalue weighted by molar-refractivity contribution is -0.150. The quantitative estimate of drug-likeness (QED) is 0.158. The van der Waals surface area contributed by atoms with Gasteiger partial charge in [0.2, 0.25) is 11.1 Å². The summed E-state index contributed by atoms with van der Waals surface area (Å²) in [6, 6.07) is 6.38. The number of nitrogens with two attached hydrogens (primary N) is 1. The molecule has 14 nitrogen and oxygen atoms in total. The van der Waals surface area contributed by atoms with Crippen LogP contribution in [0.5, 0.6) is 0 Å². The summed E-state index contributed by atoms with van der Waals surface area (Å²) in [4.78, 5) is 38.5. The Hall–Kier alpha value is -2.99. The van der Waals surface area contributed by atoms with Crippen LogP contribution < -0.4 is 11.1 Å². The van der Waals surface area contributed by atoms with Gasteiger partial charge < -0.3 is 16.2 Å². The molecule has 36 heavy (non-hydrogen) atoms. The number of β-lactam (4-membered cyclic amide) rings is 1. The Morgan fingerprint density at radius 3 is 2.75 bits per heavy atom. The SMILES string of the molecule is NCc1cccc(CC(=O)NC2C(=O)N3C(C(=O)O)=C(CSc4nnnn4CS(=O)(=O)O)CSC23)c1. The zero-order valence-electron chi connectivity index (χ0n) is 18.5. The number of amides is 2. The lowest BCUT2D eigenvalue weighted by Crippen LogP contribution is -2.70. The number of aromatic nitrogens is 4. The predicted octanol–water partition coefficient (Wildman–Crippen LogP) is -0.949. The molecule has 2 aliphatic rings. The second kappa shape index (κ2) is 10.6. The highest BCUT2D eigenvalue weighted by atomic mass is 32.2. The van der Waals surface area contributed by atoms with E-state index in [1.165, 1.54) is 11.8 Å². The van der Waals surface area contributed by atoms with E-state index >= 15 is 0 Å². The first-order valence-corrected chi connectivity index (χ1v) is 14.0. The van der Waals surface area contributed by atoms with Crippen LogP contribution in [0.1, 0.15) is 11.1 Å². The number of hydrogen-bond donors (Lipinski definition) is 4. The van der Waals surface area contributed by atoms with Gasteiger partial charge in [0, 0.05) is 18.1 Å². The number of fused-ring (bicyclic) bond motifs is 1. The highest BCUT2D eigenvalue weighted by molar-refractivity contribution is 8.01. The molecular formula is C19H21N7O7S3. The molecule has 2 unspecified atom stereocenters. The predicted molar refractivity (Wildman–Crippen MR) is 128 cm³/mol. The van der Waals surface area contributed by atoms with Crippen molar-refractivity contribution in [2.75, 3.05) is 11.5 Å². The third-order valence-corrected chi connectivity index (χ3v) is 8.27. The van der Waals surface area contributed by atoms with E-state index in [-0.39, 0.29) is 34.7 Å². The maximum atomic E-state index is 12.8. The average molecular weight is 556 g/mol. The molecule has 0 spiro atoms. The zero-order chi connectivity index (χ0) is 26.0. The van der Waals surface area contributed by atoms with E-state index in [0.717, 1.165) is 32.5 Å². The molecule has 17 heteroatoms. The van der Waals surface area contributed by atoms with E-state index in [2.05, 4.69) is 20.8 Å². The Kier molecular flexibility index (Phi) is 7.65. The van der Waals surface area contributed by atoms with Crippen LogP contribution in [-0.4, -0.2) is 83.9 Å². The normalized spacial score (nSPS) is 19.6. The maximum absolute atomic E-state index is 12.8. The first kappa shape index (κ1) is 26.1. The van der Waals surface area contributed by atoms with Crippen LogP contribution in [0.15, 0.2) is 40.7 Å². The number of nitrogens with zero attached hydrogens (tertiary/aromatic N) is 5. The number of aliphatic carboxylic acids is 1. The summed E-state index contributed by atoms with van der Waals surface area (Å²) in [6.07, 6.45) is 0.0524. The van der Waals surface area contributed by atoms with Gasteiger partial charge in [-0.05, 0) is 27.1 Å². The van der Waals surface area contributed by atoms with Crippen molar-refractivity contribution in [2.45, 2.75) is 35.4 Å². The second-order valence-electron chi connectivity index (χ2n) is 7.87. The molecule has 2 atom stereocenters. The molecule has 0 radical (unpaired) electrons. The summed E-state index contributed by atoms with van der Waals surface area (Å²) in [5.41, 5.74) is 7.47. The second-order valence-corrected chi connectivity index (χ2v) is 11.3. The molecule has 5 N–H and O–H groups in total. The van der Waals surface area contributed by atoms with Crippen LogP contribution in [0, 0.1) is 0 Å². The van der Waals surface area contributed by atoms with Gasteiger partial charge in [-0.25, -0.2) is 9.48 Å². The topological polar surface area (TPSA) is 211 Å². The summed E-state index contributed by atoms with van der Waals surface area (Å²) in [6.45, 7) is 0.338. The van der Waals surface area contributed by atoms with Gasteiger partial charge in [0.15, 0.2) is 5.88 Å². The summed E-state index contributed by atoms with van der Waals surface area (Å²) >= 11 is 2.27. The molecule has 0 bridgehead atoms. The van der Waals surface area contributed by atoms with Crippen molar-refractivity contribution in [3.63, 3.8) is 0 Å². The Balaban J connectivity index is 1.43. The van der Waals surface area contributed by atoms with Crippen LogP contribution >= 0.6 is 23.5 Å². The van der Waals surface area contributed by atoms with E-state index in [1.54, 1.807) is 12.1 Å². The Morgan fingerprint density at radius 1 is 1.31 bits per heavy atom. The van der Waals surface area contributed by atoms with E-state index in [9.17, 15) is 27.9 Å². The van der Waals surface area contributed by atoms with E-state index in [0.29, 0.717) is 12.1 Å².